The van der Waals surface area contributed by atoms with Gasteiger partial charge in [-0.2, -0.15) is 15.8 Å². The van der Waals surface area contributed by atoms with E-state index in [9.17, 15) is 10.1 Å². The summed E-state index contributed by atoms with van der Waals surface area (Å²) in [5.74, 6) is 0.370. The number of nitro benzene ring substituents is 1. The molecule has 0 aliphatic heterocycles. The van der Waals surface area contributed by atoms with Crippen molar-refractivity contribution in [2.75, 3.05) is 11.9 Å². The fourth-order valence-electron chi connectivity index (χ4n) is 2.39. The molecule has 0 aliphatic carbocycles. The molecule has 0 unspecified atom stereocenters. The third-order valence-corrected chi connectivity index (χ3v) is 4.47. The zero-order chi connectivity index (χ0) is 20.9. The van der Waals surface area contributed by atoms with E-state index in [4.69, 9.17) is 20.5 Å². The summed E-state index contributed by atoms with van der Waals surface area (Å²) in [6, 6.07) is 7.48. The lowest BCUT2D eigenvalue weighted by molar-refractivity contribution is -0.384. The van der Waals surface area contributed by atoms with Crippen molar-refractivity contribution < 1.29 is 9.66 Å². The maximum atomic E-state index is 11.3. The molecule has 146 valence electrons. The number of hydrogen-bond acceptors (Lipinski definition) is 7. The predicted molar refractivity (Wildman–Crippen MR) is 107 cm³/mol. The van der Waals surface area contributed by atoms with Crippen LogP contribution in [0, 0.1) is 44.1 Å². The van der Waals surface area contributed by atoms with E-state index in [2.05, 4.69) is 28.2 Å². The number of hydrogen-bond donors (Lipinski definition) is 1. The van der Waals surface area contributed by atoms with E-state index in [1.54, 1.807) is 18.2 Å². The van der Waals surface area contributed by atoms with Gasteiger partial charge in [0.25, 0.3) is 5.69 Å². The smallest absolute Gasteiger partial charge is 0.294 e. The number of halogens is 1. The monoisotopic (exact) mass is 445 g/mol. The van der Waals surface area contributed by atoms with E-state index in [1.165, 1.54) is 31.4 Å². The molecular weight excluding hydrogens is 426 g/mol. The maximum Gasteiger partial charge on any atom is 0.294 e. The molecule has 0 bridgehead atoms. The average molecular weight is 446 g/mol. The Labute approximate surface area is 172 Å². The van der Waals surface area contributed by atoms with Crippen LogP contribution >= 0.6 is 15.9 Å². The van der Waals surface area contributed by atoms with Crippen LogP contribution < -0.4 is 10.1 Å². The summed E-state index contributed by atoms with van der Waals surface area (Å²) in [5.41, 5.74) is -1.18. The van der Waals surface area contributed by atoms with Gasteiger partial charge in [-0.1, -0.05) is 39.0 Å². The molecule has 1 aromatic rings. The molecule has 0 saturated heterocycles. The number of nitriles is 3. The Balaban J connectivity index is 2.98. The first-order valence-electron chi connectivity index (χ1n) is 8.80. The van der Waals surface area contributed by atoms with Gasteiger partial charge in [-0.25, -0.2) is 0 Å². The van der Waals surface area contributed by atoms with Crippen LogP contribution in [0.25, 0.3) is 0 Å². The molecule has 1 N–H and O–H groups in total. The summed E-state index contributed by atoms with van der Waals surface area (Å²) in [7, 11) is 0. The van der Waals surface area contributed by atoms with E-state index in [0.29, 0.717) is 16.8 Å². The summed E-state index contributed by atoms with van der Waals surface area (Å²) in [5, 5.41) is 40.8. The van der Waals surface area contributed by atoms with Crippen molar-refractivity contribution in [2.45, 2.75) is 45.4 Å². The van der Waals surface area contributed by atoms with Gasteiger partial charge >= 0.3 is 0 Å². The number of unbranched alkanes of at least 4 members (excludes halogenated alkanes) is 5. The number of rotatable bonds is 11. The van der Waals surface area contributed by atoms with Crippen molar-refractivity contribution in [3.8, 4) is 24.0 Å². The van der Waals surface area contributed by atoms with Gasteiger partial charge in [0.15, 0.2) is 5.57 Å². The van der Waals surface area contributed by atoms with Crippen LogP contribution in [-0.2, 0) is 0 Å². The van der Waals surface area contributed by atoms with Crippen molar-refractivity contribution in [3.05, 3.63) is 38.0 Å². The Morgan fingerprint density at radius 3 is 2.36 bits per heavy atom. The highest BCUT2D eigenvalue weighted by Crippen LogP contribution is 2.37. The topological polar surface area (TPSA) is 136 Å². The van der Waals surface area contributed by atoms with Crippen molar-refractivity contribution >= 4 is 27.3 Å². The third kappa shape index (κ3) is 6.90. The SMILES string of the molecule is CCCCCCCCOc1cc(NC(C#N)=C(C#N)C#N)c([N+](=O)[O-])cc1Br. The molecule has 0 amide bonds. The molecule has 0 radical (unpaired) electrons. The highest BCUT2D eigenvalue weighted by Gasteiger charge is 2.20. The molecule has 0 aliphatic rings. The third-order valence-electron chi connectivity index (χ3n) is 3.85. The zero-order valence-electron chi connectivity index (χ0n) is 15.5. The van der Waals surface area contributed by atoms with Crippen LogP contribution in [0.5, 0.6) is 5.75 Å². The number of nitrogens with zero attached hydrogens (tertiary/aromatic N) is 4. The Morgan fingerprint density at radius 1 is 1.14 bits per heavy atom. The fourth-order valence-corrected chi connectivity index (χ4v) is 2.83. The van der Waals surface area contributed by atoms with Gasteiger partial charge in [0.1, 0.15) is 35.3 Å². The van der Waals surface area contributed by atoms with Gasteiger partial charge in [-0.3, -0.25) is 10.1 Å². The molecule has 0 spiro atoms. The first-order chi connectivity index (χ1) is 13.5. The average Bonchev–Trinajstić information content (AvgIpc) is 2.68. The molecule has 0 aromatic heterocycles. The lowest BCUT2D eigenvalue weighted by Gasteiger charge is -2.12. The summed E-state index contributed by atoms with van der Waals surface area (Å²) >= 11 is 3.25. The number of nitrogens with one attached hydrogen (secondary N) is 1. The number of ether oxygens (including phenoxy) is 1. The van der Waals surface area contributed by atoms with Gasteiger partial charge in [-0.15, -0.1) is 0 Å². The lowest BCUT2D eigenvalue weighted by atomic mass is 10.1. The molecular formula is C19H20BrN5O3. The molecule has 1 rings (SSSR count). The second-order valence-electron chi connectivity index (χ2n) is 5.88. The van der Waals surface area contributed by atoms with Gasteiger partial charge in [0, 0.05) is 12.1 Å². The van der Waals surface area contributed by atoms with Gasteiger partial charge < -0.3 is 10.1 Å². The Kier molecular flexibility index (Phi) is 10.1. The summed E-state index contributed by atoms with van der Waals surface area (Å²) < 4.78 is 6.11. The lowest BCUT2D eigenvalue weighted by Crippen LogP contribution is -2.05. The normalized spacial score (nSPS) is 9.54. The zero-order valence-corrected chi connectivity index (χ0v) is 17.1. The highest BCUT2D eigenvalue weighted by atomic mass is 79.9. The van der Waals surface area contributed by atoms with Gasteiger partial charge in [-0.05, 0) is 22.4 Å². The van der Waals surface area contributed by atoms with E-state index < -0.39 is 10.5 Å². The van der Waals surface area contributed by atoms with Crippen molar-refractivity contribution in [2.24, 2.45) is 0 Å². The van der Waals surface area contributed by atoms with E-state index in [1.807, 2.05) is 0 Å². The molecule has 0 atom stereocenters. The summed E-state index contributed by atoms with van der Waals surface area (Å²) in [4.78, 5) is 10.7. The Bertz CT molecular complexity index is 846. The molecule has 8 nitrogen and oxygen atoms in total. The highest BCUT2D eigenvalue weighted by molar-refractivity contribution is 9.10. The van der Waals surface area contributed by atoms with Crippen molar-refractivity contribution in [3.63, 3.8) is 0 Å². The van der Waals surface area contributed by atoms with Crippen LogP contribution in [0.1, 0.15) is 45.4 Å². The summed E-state index contributed by atoms with van der Waals surface area (Å²) in [6.07, 6.45) is 6.60. The largest absolute Gasteiger partial charge is 0.492 e. The first-order valence-corrected chi connectivity index (χ1v) is 9.60. The summed E-state index contributed by atoms with van der Waals surface area (Å²) in [6.45, 7) is 2.61. The quantitative estimate of drug-likeness (QED) is 0.210. The standard InChI is InChI=1S/C19H20BrN5O3/c1-2-3-4-5-6-7-8-28-19-10-16(18(25(26)27)9-15(19)20)24-17(13-23)14(11-21)12-22/h9-10,24H,2-8H2,1H3. The number of anilines is 1. The maximum absolute atomic E-state index is 11.3. The van der Waals surface area contributed by atoms with Crippen LogP contribution in [0.2, 0.25) is 0 Å². The van der Waals surface area contributed by atoms with Gasteiger partial charge in [0.2, 0.25) is 0 Å². The number of benzene rings is 1. The van der Waals surface area contributed by atoms with Crippen LogP contribution in [0.15, 0.2) is 27.9 Å². The number of allylic oxidation sites excluding steroid dienone is 2. The van der Waals surface area contributed by atoms with Crippen LogP contribution in [-0.4, -0.2) is 11.5 Å². The molecule has 1 aromatic carbocycles. The number of nitro groups is 1. The van der Waals surface area contributed by atoms with Crippen molar-refractivity contribution in [1.29, 1.82) is 15.8 Å². The fraction of sp³-hybridized carbons (Fsp3) is 0.421. The van der Waals surface area contributed by atoms with Crippen molar-refractivity contribution in [1.82, 2.24) is 0 Å². The van der Waals surface area contributed by atoms with E-state index in [0.717, 1.165) is 19.3 Å². The minimum absolute atomic E-state index is 0.0364. The van der Waals surface area contributed by atoms with Crippen LogP contribution in [0.3, 0.4) is 0 Å². The van der Waals surface area contributed by atoms with E-state index >= 15 is 0 Å². The molecule has 28 heavy (non-hydrogen) atoms. The molecule has 0 heterocycles. The second kappa shape index (κ2) is 12.3. The minimum Gasteiger partial charge on any atom is -0.492 e. The molecule has 0 fully saturated rings. The Hall–Kier alpha value is -3.09. The second-order valence-corrected chi connectivity index (χ2v) is 6.74. The first kappa shape index (κ1) is 23.0. The predicted octanol–water partition coefficient (Wildman–Crippen LogP) is 5.33. The van der Waals surface area contributed by atoms with Gasteiger partial charge in [0.05, 0.1) is 16.0 Å². The van der Waals surface area contributed by atoms with Crippen LogP contribution in [0.4, 0.5) is 11.4 Å². The molecule has 9 heteroatoms. The Morgan fingerprint density at radius 2 is 1.79 bits per heavy atom. The molecule has 0 saturated carbocycles. The minimum atomic E-state index is -0.627. The van der Waals surface area contributed by atoms with E-state index in [-0.39, 0.29) is 17.1 Å².